The number of aromatic carboxylic acids is 1. The summed E-state index contributed by atoms with van der Waals surface area (Å²) in [5.41, 5.74) is 3.21. The minimum absolute atomic E-state index is 0.137. The topological polar surface area (TPSA) is 71.2 Å². The molecule has 6 nitrogen and oxygen atoms in total. The maximum Gasteiger partial charge on any atom is 0.335 e. The first-order valence-electron chi connectivity index (χ1n) is 9.86. The van der Waals surface area contributed by atoms with Gasteiger partial charge >= 0.3 is 5.97 Å². The summed E-state index contributed by atoms with van der Waals surface area (Å²) in [6.45, 7) is 2.20. The van der Waals surface area contributed by atoms with Gasteiger partial charge in [-0.15, -0.1) is 11.3 Å². The molecule has 0 aliphatic heterocycles. The number of carboxylic acids is 1. The lowest BCUT2D eigenvalue weighted by Gasteiger charge is -2.33. The second-order valence-corrected chi connectivity index (χ2v) is 8.56. The van der Waals surface area contributed by atoms with E-state index >= 15 is 0 Å². The number of benzene rings is 2. The summed E-state index contributed by atoms with van der Waals surface area (Å²) in [5, 5.41) is 10.1. The summed E-state index contributed by atoms with van der Waals surface area (Å²) in [4.78, 5) is 22.6. The van der Waals surface area contributed by atoms with Crippen LogP contribution >= 0.6 is 11.3 Å². The molecule has 0 radical (unpaired) electrons. The van der Waals surface area contributed by atoms with E-state index in [0.29, 0.717) is 6.04 Å². The van der Waals surface area contributed by atoms with Crippen LogP contribution in [0.3, 0.4) is 0 Å². The van der Waals surface area contributed by atoms with Crippen LogP contribution in [0.2, 0.25) is 0 Å². The van der Waals surface area contributed by atoms with E-state index in [1.165, 1.54) is 5.56 Å². The highest BCUT2D eigenvalue weighted by Crippen LogP contribution is 2.34. The molecule has 2 aromatic heterocycles. The highest BCUT2D eigenvalue weighted by Gasteiger charge is 2.25. The van der Waals surface area contributed by atoms with Crippen LogP contribution in [0.1, 0.15) is 35.3 Å². The molecule has 30 heavy (non-hydrogen) atoms. The SMILES string of the molecule is CCC(C(c1ccc2nc(-c3cccc(C(=O)O)c3)sc2c1)n1ccnc1)N(C)C. The number of carbonyl (C=O) groups is 1. The normalized spacial score (nSPS) is 13.6. The summed E-state index contributed by atoms with van der Waals surface area (Å²) < 4.78 is 3.25. The summed E-state index contributed by atoms with van der Waals surface area (Å²) in [5.74, 6) is -0.933. The van der Waals surface area contributed by atoms with Crippen molar-refractivity contribution in [2.75, 3.05) is 14.1 Å². The molecule has 0 fully saturated rings. The second kappa shape index (κ2) is 8.38. The monoisotopic (exact) mass is 420 g/mol. The molecule has 0 aliphatic carbocycles. The molecule has 7 heteroatoms. The molecule has 0 saturated heterocycles. The lowest BCUT2D eigenvalue weighted by Crippen LogP contribution is -2.36. The van der Waals surface area contributed by atoms with E-state index in [-0.39, 0.29) is 11.6 Å². The molecular weight excluding hydrogens is 396 g/mol. The van der Waals surface area contributed by atoms with E-state index in [4.69, 9.17) is 4.98 Å². The quantitative estimate of drug-likeness (QED) is 0.466. The van der Waals surface area contributed by atoms with Crippen molar-refractivity contribution in [2.24, 2.45) is 0 Å². The molecule has 1 N–H and O–H groups in total. The van der Waals surface area contributed by atoms with Gasteiger partial charge in [-0.25, -0.2) is 14.8 Å². The lowest BCUT2D eigenvalue weighted by molar-refractivity contribution is 0.0697. The molecule has 0 bridgehead atoms. The number of aromatic nitrogens is 3. The number of hydrogen-bond acceptors (Lipinski definition) is 5. The fourth-order valence-corrected chi connectivity index (χ4v) is 4.94. The fourth-order valence-electron chi connectivity index (χ4n) is 3.93. The van der Waals surface area contributed by atoms with Gasteiger partial charge in [0.2, 0.25) is 0 Å². The maximum absolute atomic E-state index is 11.3. The van der Waals surface area contributed by atoms with Crippen LogP contribution < -0.4 is 0 Å². The van der Waals surface area contributed by atoms with Crippen molar-refractivity contribution in [2.45, 2.75) is 25.4 Å². The van der Waals surface area contributed by atoms with Crippen LogP contribution in [-0.4, -0.2) is 50.6 Å². The van der Waals surface area contributed by atoms with Gasteiger partial charge in [-0.05, 0) is 50.3 Å². The Morgan fingerprint density at radius 3 is 2.73 bits per heavy atom. The lowest BCUT2D eigenvalue weighted by atomic mass is 9.96. The van der Waals surface area contributed by atoms with Crippen LogP contribution in [0.15, 0.2) is 61.2 Å². The second-order valence-electron chi connectivity index (χ2n) is 7.53. The van der Waals surface area contributed by atoms with Gasteiger partial charge in [-0.3, -0.25) is 0 Å². The summed E-state index contributed by atoms with van der Waals surface area (Å²) in [6.07, 6.45) is 6.70. The molecular formula is C23H24N4O2S. The van der Waals surface area contributed by atoms with Crippen LogP contribution in [0, 0.1) is 0 Å². The summed E-state index contributed by atoms with van der Waals surface area (Å²) in [6, 6.07) is 13.8. The van der Waals surface area contributed by atoms with E-state index in [9.17, 15) is 9.90 Å². The summed E-state index contributed by atoms with van der Waals surface area (Å²) >= 11 is 1.58. The van der Waals surface area contributed by atoms with Crippen LogP contribution in [-0.2, 0) is 0 Å². The predicted octanol–water partition coefficient (Wildman–Crippen LogP) is 4.79. The first-order chi connectivity index (χ1) is 14.5. The van der Waals surface area contributed by atoms with E-state index in [1.54, 1.807) is 29.5 Å². The smallest absolute Gasteiger partial charge is 0.335 e. The zero-order valence-corrected chi connectivity index (χ0v) is 18.0. The highest BCUT2D eigenvalue weighted by atomic mass is 32.1. The largest absolute Gasteiger partial charge is 0.478 e. The number of carboxylic acid groups (broad SMARTS) is 1. The van der Waals surface area contributed by atoms with E-state index in [1.807, 2.05) is 24.8 Å². The van der Waals surface area contributed by atoms with Gasteiger partial charge in [0.15, 0.2) is 0 Å². The molecule has 2 unspecified atom stereocenters. The van der Waals surface area contributed by atoms with Crippen molar-refractivity contribution < 1.29 is 9.90 Å². The Balaban J connectivity index is 1.77. The van der Waals surface area contributed by atoms with Crippen LogP contribution in [0.4, 0.5) is 0 Å². The molecule has 0 amide bonds. The van der Waals surface area contributed by atoms with Crippen molar-refractivity contribution in [3.63, 3.8) is 0 Å². The highest BCUT2D eigenvalue weighted by molar-refractivity contribution is 7.21. The first-order valence-corrected chi connectivity index (χ1v) is 10.7. The number of likely N-dealkylation sites (N-methyl/N-ethyl adjacent to an activating group) is 1. The van der Waals surface area contributed by atoms with E-state index in [2.05, 4.69) is 53.7 Å². The van der Waals surface area contributed by atoms with Crippen molar-refractivity contribution >= 4 is 27.5 Å². The molecule has 4 rings (SSSR count). The number of fused-ring (bicyclic) bond motifs is 1. The number of imidazole rings is 1. The van der Waals surface area contributed by atoms with Gasteiger partial charge in [0.05, 0.1) is 28.1 Å². The van der Waals surface area contributed by atoms with Gasteiger partial charge in [0.1, 0.15) is 5.01 Å². The van der Waals surface area contributed by atoms with Crippen molar-refractivity contribution in [1.82, 2.24) is 19.4 Å². The first kappa shape index (κ1) is 20.3. The van der Waals surface area contributed by atoms with Crippen molar-refractivity contribution in [1.29, 1.82) is 0 Å². The van der Waals surface area contributed by atoms with Gasteiger partial charge < -0.3 is 14.6 Å². The van der Waals surface area contributed by atoms with Crippen molar-refractivity contribution in [3.05, 3.63) is 72.3 Å². The van der Waals surface area contributed by atoms with Crippen molar-refractivity contribution in [3.8, 4) is 10.6 Å². The standard InChI is InChI=1S/C23H24N4O2S/c1-4-19(26(2)3)21(27-11-10-24-14-27)15-8-9-18-20(13-15)30-22(25-18)16-6-5-7-17(12-16)23(28)29/h5-14,19,21H,4H2,1-3H3,(H,28,29). The van der Waals surface area contributed by atoms with Crippen LogP contribution in [0.25, 0.3) is 20.8 Å². The summed E-state index contributed by atoms with van der Waals surface area (Å²) in [7, 11) is 4.22. The van der Waals surface area contributed by atoms with E-state index < -0.39 is 5.97 Å². The molecule has 2 heterocycles. The maximum atomic E-state index is 11.3. The minimum Gasteiger partial charge on any atom is -0.478 e. The number of thiazole rings is 1. The Morgan fingerprint density at radius 1 is 1.23 bits per heavy atom. The predicted molar refractivity (Wildman–Crippen MR) is 120 cm³/mol. The zero-order valence-electron chi connectivity index (χ0n) is 17.2. The Hall–Kier alpha value is -3.03. The third kappa shape index (κ3) is 3.86. The molecule has 0 saturated carbocycles. The third-order valence-corrected chi connectivity index (χ3v) is 6.47. The van der Waals surface area contributed by atoms with Gasteiger partial charge in [-0.1, -0.05) is 25.1 Å². The average Bonchev–Trinajstić information content (AvgIpc) is 3.41. The van der Waals surface area contributed by atoms with Gasteiger partial charge in [0, 0.05) is 24.0 Å². The number of hydrogen-bond donors (Lipinski definition) is 1. The average molecular weight is 421 g/mol. The number of nitrogens with zero attached hydrogens (tertiary/aromatic N) is 4. The molecule has 2 aromatic carbocycles. The van der Waals surface area contributed by atoms with Gasteiger partial charge in [0.25, 0.3) is 0 Å². The third-order valence-electron chi connectivity index (χ3n) is 5.40. The molecule has 2 atom stereocenters. The molecule has 4 aromatic rings. The minimum atomic E-state index is -0.933. The zero-order chi connectivity index (χ0) is 21.3. The Kier molecular flexibility index (Phi) is 5.65. The Morgan fingerprint density at radius 2 is 2.07 bits per heavy atom. The number of rotatable bonds is 7. The fraction of sp³-hybridized carbons (Fsp3) is 0.261. The molecule has 0 aliphatic rings. The van der Waals surface area contributed by atoms with E-state index in [0.717, 1.165) is 27.2 Å². The Labute approximate surface area is 179 Å². The molecule has 0 spiro atoms. The van der Waals surface area contributed by atoms with Crippen LogP contribution in [0.5, 0.6) is 0 Å². The Bertz CT molecular complexity index is 1170. The van der Waals surface area contributed by atoms with Gasteiger partial charge in [-0.2, -0.15) is 0 Å². The molecule has 154 valence electrons.